The lowest BCUT2D eigenvalue weighted by Crippen LogP contribution is -2.45. The Morgan fingerprint density at radius 1 is 1.21 bits per heavy atom. The minimum atomic E-state index is -0.282. The van der Waals surface area contributed by atoms with Gasteiger partial charge in [0.15, 0.2) is 0 Å². The molecule has 19 heavy (non-hydrogen) atoms. The van der Waals surface area contributed by atoms with Crippen LogP contribution in [0.3, 0.4) is 0 Å². The molecule has 0 radical (unpaired) electrons. The quantitative estimate of drug-likeness (QED) is 0.874. The van der Waals surface area contributed by atoms with Crippen LogP contribution in [-0.4, -0.2) is 16.6 Å². The van der Waals surface area contributed by atoms with Crippen molar-refractivity contribution in [1.82, 2.24) is 5.32 Å². The zero-order chi connectivity index (χ0) is 14.8. The lowest BCUT2D eigenvalue weighted by molar-refractivity contribution is 0.0891. The minimum Gasteiger partial charge on any atom is -0.508 e. The summed E-state index contributed by atoms with van der Waals surface area (Å²) in [4.78, 5) is 12.2. The molecule has 2 N–H and O–H groups in total. The molecule has 0 atom stereocenters. The summed E-state index contributed by atoms with van der Waals surface area (Å²) in [5.41, 5.74) is 1.12. The molecule has 0 spiro atoms. The normalized spacial score (nSPS) is 12.3. The smallest absolute Gasteiger partial charge is 0.251 e. The fourth-order valence-corrected chi connectivity index (χ4v) is 2.50. The largest absolute Gasteiger partial charge is 0.508 e. The molecule has 0 heterocycles. The van der Waals surface area contributed by atoms with Crippen molar-refractivity contribution >= 4 is 5.91 Å². The summed E-state index contributed by atoms with van der Waals surface area (Å²) >= 11 is 0. The molecule has 0 fully saturated rings. The highest BCUT2D eigenvalue weighted by Gasteiger charge is 2.27. The Morgan fingerprint density at radius 2 is 1.79 bits per heavy atom. The number of hydrogen-bond donors (Lipinski definition) is 2. The fourth-order valence-electron chi connectivity index (χ4n) is 2.50. The number of amides is 1. The van der Waals surface area contributed by atoms with E-state index in [0.29, 0.717) is 5.56 Å². The Hall–Kier alpha value is -1.51. The number of aryl methyl sites for hydroxylation is 1. The summed E-state index contributed by atoms with van der Waals surface area (Å²) in [6.07, 6.45) is 0.879. The Kier molecular flexibility index (Phi) is 4.28. The van der Waals surface area contributed by atoms with Crippen molar-refractivity contribution in [1.29, 1.82) is 0 Å². The molecule has 1 aromatic carbocycles. The van der Waals surface area contributed by atoms with Crippen LogP contribution in [0.25, 0.3) is 0 Å². The van der Waals surface area contributed by atoms with E-state index in [1.807, 2.05) is 13.8 Å². The second-order valence-electron chi connectivity index (χ2n) is 7.08. The van der Waals surface area contributed by atoms with Crippen LogP contribution in [0.2, 0.25) is 0 Å². The van der Waals surface area contributed by atoms with E-state index < -0.39 is 0 Å². The molecule has 0 aliphatic heterocycles. The van der Waals surface area contributed by atoms with E-state index in [1.54, 1.807) is 19.1 Å². The molecule has 0 unspecified atom stereocenters. The fraction of sp³-hybridized carbons (Fsp3) is 0.562. The Labute approximate surface area is 116 Å². The molecule has 0 aliphatic carbocycles. The molecule has 3 heteroatoms. The number of phenolic OH excluding ortho intramolecular Hbond substituents is 1. The number of nitrogens with one attached hydrogen (secondary N) is 1. The maximum Gasteiger partial charge on any atom is 0.251 e. The summed E-state index contributed by atoms with van der Waals surface area (Å²) < 4.78 is 0. The van der Waals surface area contributed by atoms with Gasteiger partial charge >= 0.3 is 0 Å². The number of phenols is 1. The first-order chi connectivity index (χ1) is 8.50. The molecule has 0 bridgehead atoms. The van der Waals surface area contributed by atoms with Gasteiger partial charge in [-0.1, -0.05) is 26.8 Å². The van der Waals surface area contributed by atoms with Crippen molar-refractivity contribution in [2.24, 2.45) is 5.41 Å². The topological polar surface area (TPSA) is 49.3 Å². The number of carbonyl (C=O) groups excluding carboxylic acids is 1. The lowest BCUT2D eigenvalue weighted by Gasteiger charge is -2.33. The van der Waals surface area contributed by atoms with Gasteiger partial charge in [0.25, 0.3) is 5.91 Å². The van der Waals surface area contributed by atoms with Crippen molar-refractivity contribution in [2.45, 2.75) is 53.5 Å². The predicted molar refractivity (Wildman–Crippen MR) is 78.5 cm³/mol. The average molecular weight is 263 g/mol. The second-order valence-corrected chi connectivity index (χ2v) is 7.08. The van der Waals surface area contributed by atoms with Crippen molar-refractivity contribution < 1.29 is 9.90 Å². The third-order valence-electron chi connectivity index (χ3n) is 2.90. The highest BCUT2D eigenvalue weighted by atomic mass is 16.3. The van der Waals surface area contributed by atoms with Crippen LogP contribution in [-0.2, 0) is 0 Å². The van der Waals surface area contributed by atoms with Crippen LogP contribution >= 0.6 is 0 Å². The number of rotatable bonds is 3. The molecule has 0 aromatic heterocycles. The maximum atomic E-state index is 12.2. The molecule has 3 nitrogen and oxygen atoms in total. The molecule has 1 rings (SSSR count). The number of benzene rings is 1. The lowest BCUT2D eigenvalue weighted by atomic mass is 9.81. The summed E-state index contributed by atoms with van der Waals surface area (Å²) in [5.74, 6) is 0.00540. The van der Waals surface area contributed by atoms with Gasteiger partial charge in [0.2, 0.25) is 0 Å². The Balaban J connectivity index is 2.81. The van der Waals surface area contributed by atoms with E-state index in [9.17, 15) is 9.90 Å². The monoisotopic (exact) mass is 263 g/mol. The van der Waals surface area contributed by atoms with Gasteiger partial charge in [0.05, 0.1) is 0 Å². The third kappa shape index (κ3) is 4.93. The highest BCUT2D eigenvalue weighted by molar-refractivity contribution is 5.95. The summed E-state index contributed by atoms with van der Waals surface area (Å²) in [5, 5.41) is 12.7. The van der Waals surface area contributed by atoms with Gasteiger partial charge in [0.1, 0.15) is 5.75 Å². The van der Waals surface area contributed by atoms with Gasteiger partial charge in [-0.3, -0.25) is 4.79 Å². The highest BCUT2D eigenvalue weighted by Crippen LogP contribution is 2.27. The molecular weight excluding hydrogens is 238 g/mol. The third-order valence-corrected chi connectivity index (χ3v) is 2.90. The average Bonchev–Trinajstić information content (AvgIpc) is 2.17. The van der Waals surface area contributed by atoms with Crippen molar-refractivity contribution in [3.63, 3.8) is 0 Å². The summed E-state index contributed by atoms with van der Waals surface area (Å²) in [6.45, 7) is 12.3. The first-order valence-electron chi connectivity index (χ1n) is 6.62. The molecule has 1 aromatic rings. The zero-order valence-corrected chi connectivity index (χ0v) is 12.8. The van der Waals surface area contributed by atoms with E-state index in [0.717, 1.165) is 12.0 Å². The van der Waals surface area contributed by atoms with Crippen molar-refractivity contribution in [3.05, 3.63) is 29.3 Å². The summed E-state index contributed by atoms with van der Waals surface area (Å²) in [7, 11) is 0. The van der Waals surface area contributed by atoms with Gasteiger partial charge in [-0.25, -0.2) is 0 Å². The number of carbonyl (C=O) groups is 1. The molecule has 0 aliphatic rings. The SMILES string of the molecule is Cc1ccc(C(=O)NC(C)(C)CC(C)(C)C)cc1O. The molecule has 1 amide bonds. The van der Waals surface area contributed by atoms with E-state index in [1.165, 1.54) is 6.07 Å². The van der Waals surface area contributed by atoms with Crippen LogP contribution < -0.4 is 5.32 Å². The van der Waals surface area contributed by atoms with Crippen LogP contribution in [0.15, 0.2) is 18.2 Å². The second kappa shape index (κ2) is 5.24. The van der Waals surface area contributed by atoms with Crippen LogP contribution in [0.5, 0.6) is 5.75 Å². The molecular formula is C16H25NO2. The standard InChI is InChI=1S/C16H25NO2/c1-11-7-8-12(9-13(11)18)14(19)17-16(5,6)10-15(2,3)4/h7-9,18H,10H2,1-6H3,(H,17,19). The van der Waals surface area contributed by atoms with Gasteiger partial charge in [-0.15, -0.1) is 0 Å². The van der Waals surface area contributed by atoms with Crippen LogP contribution in [0.1, 0.15) is 57.0 Å². The minimum absolute atomic E-state index is 0.145. The van der Waals surface area contributed by atoms with E-state index >= 15 is 0 Å². The predicted octanol–water partition coefficient (Wildman–Crippen LogP) is 3.65. The Morgan fingerprint density at radius 3 is 2.26 bits per heavy atom. The van der Waals surface area contributed by atoms with Gasteiger partial charge in [0, 0.05) is 11.1 Å². The van der Waals surface area contributed by atoms with Crippen molar-refractivity contribution in [3.8, 4) is 5.75 Å². The van der Waals surface area contributed by atoms with Gasteiger partial charge < -0.3 is 10.4 Å². The molecule has 106 valence electrons. The van der Waals surface area contributed by atoms with E-state index in [-0.39, 0.29) is 22.6 Å². The van der Waals surface area contributed by atoms with Gasteiger partial charge in [-0.2, -0.15) is 0 Å². The van der Waals surface area contributed by atoms with Crippen LogP contribution in [0.4, 0.5) is 0 Å². The van der Waals surface area contributed by atoms with Gasteiger partial charge in [-0.05, 0) is 50.3 Å². The Bertz CT molecular complexity index is 470. The molecule has 0 saturated heterocycles. The first kappa shape index (κ1) is 15.5. The number of aromatic hydroxyl groups is 1. The number of hydrogen-bond acceptors (Lipinski definition) is 2. The van der Waals surface area contributed by atoms with E-state index in [4.69, 9.17) is 0 Å². The molecule has 0 saturated carbocycles. The van der Waals surface area contributed by atoms with Crippen molar-refractivity contribution in [2.75, 3.05) is 0 Å². The maximum absolute atomic E-state index is 12.2. The summed E-state index contributed by atoms with van der Waals surface area (Å²) in [6, 6.07) is 5.00. The van der Waals surface area contributed by atoms with Crippen LogP contribution in [0, 0.1) is 12.3 Å². The zero-order valence-electron chi connectivity index (χ0n) is 12.8. The first-order valence-corrected chi connectivity index (χ1v) is 6.62. The van der Waals surface area contributed by atoms with E-state index in [2.05, 4.69) is 26.1 Å².